The minimum atomic E-state index is -0.459. The van der Waals surface area contributed by atoms with Gasteiger partial charge in [-0.3, -0.25) is 24.1 Å². The summed E-state index contributed by atoms with van der Waals surface area (Å²) in [5.74, 6) is -0.517. The molecule has 0 spiro atoms. The molecule has 2 aliphatic rings. The van der Waals surface area contributed by atoms with E-state index in [9.17, 15) is 24.3 Å². The second kappa shape index (κ2) is 18.3. The first-order valence-corrected chi connectivity index (χ1v) is 12.0. The predicted octanol–water partition coefficient (Wildman–Crippen LogP) is 1.97. The van der Waals surface area contributed by atoms with Gasteiger partial charge in [0.05, 0.1) is 31.1 Å². The van der Waals surface area contributed by atoms with Gasteiger partial charge in [-0.1, -0.05) is 33.8 Å². The zero-order valence-corrected chi connectivity index (χ0v) is 21.7. The van der Waals surface area contributed by atoms with E-state index < -0.39 is 12.2 Å². The number of carbonyl (C=O) groups is 4. The lowest BCUT2D eigenvalue weighted by Gasteiger charge is -2.21. The van der Waals surface area contributed by atoms with Crippen LogP contribution in [-0.2, 0) is 35.3 Å². The minimum Gasteiger partial charge on any atom is -0.506 e. The number of likely N-dealkylation sites (tertiary alicyclic amines) is 1. The molecule has 2 fully saturated rings. The lowest BCUT2D eigenvalue weighted by molar-refractivity contribution is -0.142. The molecule has 0 radical (unpaired) electrons. The molecule has 2 heterocycles. The SMILES string of the molecule is CC.CC(=O)OCc1ccc(O)c(NC=O)c1.CCCN1C(=O)CC(C)C1=O.OC1COCC(O)C1. The highest BCUT2D eigenvalue weighted by Crippen LogP contribution is 2.23. The Bertz CT molecular complexity index is 824. The summed E-state index contributed by atoms with van der Waals surface area (Å²) in [6, 6.07) is 4.56. The second-order valence-corrected chi connectivity index (χ2v) is 7.96. The third-order valence-electron chi connectivity index (χ3n) is 4.80. The monoisotopic (exact) mass is 512 g/mol. The van der Waals surface area contributed by atoms with E-state index in [2.05, 4.69) is 5.32 Å². The molecule has 3 atom stereocenters. The molecule has 1 aromatic carbocycles. The first kappa shape index (κ1) is 33.0. The predicted molar refractivity (Wildman–Crippen MR) is 133 cm³/mol. The molecule has 3 amide bonds. The third-order valence-corrected chi connectivity index (χ3v) is 4.80. The summed E-state index contributed by atoms with van der Waals surface area (Å²) in [7, 11) is 0. The summed E-state index contributed by atoms with van der Waals surface area (Å²) in [4.78, 5) is 44.4. The molecule has 0 aromatic heterocycles. The summed E-state index contributed by atoms with van der Waals surface area (Å²) in [5.41, 5.74) is 0.974. The molecule has 4 N–H and O–H groups in total. The number of nitrogens with one attached hydrogen (secondary N) is 1. The van der Waals surface area contributed by atoms with E-state index in [0.29, 0.717) is 44.6 Å². The fourth-order valence-corrected chi connectivity index (χ4v) is 3.13. The van der Waals surface area contributed by atoms with Crippen LogP contribution in [0.3, 0.4) is 0 Å². The van der Waals surface area contributed by atoms with Crippen LogP contribution in [0.1, 0.15) is 59.4 Å². The molecule has 2 aliphatic heterocycles. The zero-order valence-electron chi connectivity index (χ0n) is 21.7. The van der Waals surface area contributed by atoms with Crippen molar-refractivity contribution >= 4 is 29.9 Å². The minimum absolute atomic E-state index is 0.00292. The van der Waals surface area contributed by atoms with Crippen molar-refractivity contribution in [3.05, 3.63) is 23.8 Å². The van der Waals surface area contributed by atoms with E-state index >= 15 is 0 Å². The highest BCUT2D eigenvalue weighted by molar-refractivity contribution is 6.03. The number of phenolic OH excluding ortho intramolecular Hbond substituents is 1. The molecule has 3 unspecified atom stereocenters. The normalized spacial score (nSPS) is 20.5. The molecule has 3 rings (SSSR count). The fraction of sp³-hybridized carbons (Fsp3) is 0.600. The maximum atomic E-state index is 11.2. The number of hydrogen-bond donors (Lipinski definition) is 4. The molecule has 0 aliphatic carbocycles. The average molecular weight is 513 g/mol. The highest BCUT2D eigenvalue weighted by Gasteiger charge is 2.34. The van der Waals surface area contributed by atoms with Gasteiger partial charge < -0.3 is 30.1 Å². The average Bonchev–Trinajstić information content (AvgIpc) is 3.08. The van der Waals surface area contributed by atoms with Crippen LogP contribution in [0.5, 0.6) is 5.75 Å². The molecule has 1 aromatic rings. The summed E-state index contributed by atoms with van der Waals surface area (Å²) >= 11 is 0. The summed E-state index contributed by atoms with van der Waals surface area (Å²) in [6.45, 7) is 10.5. The number of aromatic hydroxyl groups is 1. The number of carbonyl (C=O) groups excluding carboxylic acids is 4. The Kier molecular flexibility index (Phi) is 16.7. The topological polar surface area (TPSA) is 163 Å². The smallest absolute Gasteiger partial charge is 0.302 e. The van der Waals surface area contributed by atoms with Crippen LogP contribution in [0, 0.1) is 5.92 Å². The lowest BCUT2D eigenvalue weighted by atomic mass is 10.1. The number of nitrogens with zero attached hydrogens (tertiary/aromatic N) is 1. The number of benzene rings is 1. The summed E-state index contributed by atoms with van der Waals surface area (Å²) in [6.07, 6.45) is 1.26. The van der Waals surface area contributed by atoms with Gasteiger partial charge in [0.1, 0.15) is 12.4 Å². The van der Waals surface area contributed by atoms with E-state index in [0.717, 1.165) is 6.42 Å². The number of rotatable bonds is 6. The van der Waals surface area contributed by atoms with E-state index in [1.807, 2.05) is 20.8 Å². The van der Waals surface area contributed by atoms with Gasteiger partial charge in [-0.2, -0.15) is 0 Å². The van der Waals surface area contributed by atoms with E-state index in [1.54, 1.807) is 13.0 Å². The Morgan fingerprint density at radius 1 is 1.22 bits per heavy atom. The van der Waals surface area contributed by atoms with E-state index in [1.165, 1.54) is 24.0 Å². The van der Waals surface area contributed by atoms with Crippen molar-refractivity contribution in [1.29, 1.82) is 0 Å². The Balaban J connectivity index is 0.000000514. The number of aliphatic hydroxyl groups is 2. The van der Waals surface area contributed by atoms with Crippen molar-refractivity contribution < 1.29 is 44.0 Å². The van der Waals surface area contributed by atoms with Crippen LogP contribution in [0.15, 0.2) is 18.2 Å². The number of hydrogen-bond acceptors (Lipinski definition) is 9. The van der Waals surface area contributed by atoms with Crippen LogP contribution in [0.4, 0.5) is 5.69 Å². The van der Waals surface area contributed by atoms with Crippen LogP contribution in [-0.4, -0.2) is 76.4 Å². The molecule has 2 saturated heterocycles. The summed E-state index contributed by atoms with van der Waals surface area (Å²) < 4.78 is 9.56. The second-order valence-electron chi connectivity index (χ2n) is 7.96. The number of imide groups is 1. The quantitative estimate of drug-likeness (QED) is 0.193. The number of anilines is 1. The fourth-order valence-electron chi connectivity index (χ4n) is 3.13. The molecule has 36 heavy (non-hydrogen) atoms. The maximum absolute atomic E-state index is 11.2. The molecule has 204 valence electrons. The van der Waals surface area contributed by atoms with Crippen molar-refractivity contribution in [3.8, 4) is 5.75 Å². The molecular weight excluding hydrogens is 472 g/mol. The van der Waals surface area contributed by atoms with Gasteiger partial charge in [-0.15, -0.1) is 0 Å². The molecule has 11 heteroatoms. The first-order valence-electron chi connectivity index (χ1n) is 12.0. The number of ether oxygens (including phenoxy) is 2. The number of phenols is 1. The van der Waals surface area contributed by atoms with Gasteiger partial charge in [0.2, 0.25) is 18.2 Å². The standard InChI is InChI=1S/C10H11NO4.C8H13NO2.C5H10O3.C2H6/c1-7(13)15-5-8-2-3-10(14)9(4-8)11-6-12;1-3-4-9-7(10)5-6(2)8(9)11;6-4-1-5(7)3-8-2-4;1-2/h2-4,6,14H,5H2,1H3,(H,11,12);6H,3-5H2,1-2H3;4-7H,1-3H2;1-2H3. The van der Waals surface area contributed by atoms with Gasteiger partial charge in [-0.25, -0.2) is 0 Å². The zero-order chi connectivity index (χ0) is 27.7. The van der Waals surface area contributed by atoms with Crippen molar-refractivity contribution in [2.24, 2.45) is 5.92 Å². The van der Waals surface area contributed by atoms with Gasteiger partial charge >= 0.3 is 5.97 Å². The maximum Gasteiger partial charge on any atom is 0.302 e. The number of aliphatic hydroxyl groups excluding tert-OH is 2. The van der Waals surface area contributed by atoms with Gasteiger partial charge in [0.25, 0.3) is 0 Å². The van der Waals surface area contributed by atoms with Gasteiger partial charge in [0.15, 0.2) is 0 Å². The van der Waals surface area contributed by atoms with Crippen molar-refractivity contribution in [3.63, 3.8) is 0 Å². The van der Waals surface area contributed by atoms with Crippen LogP contribution < -0.4 is 5.32 Å². The Morgan fingerprint density at radius 2 is 1.83 bits per heavy atom. The number of esters is 1. The van der Waals surface area contributed by atoms with Crippen molar-refractivity contribution in [2.75, 3.05) is 25.1 Å². The Hall–Kier alpha value is -3.02. The number of amides is 3. The van der Waals surface area contributed by atoms with E-state index in [-0.39, 0.29) is 41.7 Å². The van der Waals surface area contributed by atoms with Crippen molar-refractivity contribution in [2.45, 2.75) is 72.7 Å². The highest BCUT2D eigenvalue weighted by atomic mass is 16.5. The molecule has 11 nitrogen and oxygen atoms in total. The largest absolute Gasteiger partial charge is 0.506 e. The third kappa shape index (κ3) is 12.6. The van der Waals surface area contributed by atoms with Gasteiger partial charge in [-0.05, 0) is 24.1 Å². The lowest BCUT2D eigenvalue weighted by Crippen LogP contribution is -2.32. The Labute approximate surface area is 212 Å². The van der Waals surface area contributed by atoms with E-state index in [4.69, 9.17) is 19.7 Å². The first-order chi connectivity index (χ1) is 17.1. The summed E-state index contributed by atoms with van der Waals surface area (Å²) in [5, 5.41) is 29.2. The van der Waals surface area contributed by atoms with Gasteiger partial charge in [0, 0.05) is 32.2 Å². The Morgan fingerprint density at radius 3 is 2.25 bits per heavy atom. The van der Waals surface area contributed by atoms with Crippen LogP contribution in [0.25, 0.3) is 0 Å². The van der Waals surface area contributed by atoms with Crippen molar-refractivity contribution in [1.82, 2.24) is 4.90 Å². The molecular formula is C25H40N2O9. The molecule has 0 saturated carbocycles. The van der Waals surface area contributed by atoms with Crippen LogP contribution in [0.2, 0.25) is 0 Å². The molecule has 0 bridgehead atoms. The van der Waals surface area contributed by atoms with Crippen LogP contribution >= 0.6 is 0 Å².